The summed E-state index contributed by atoms with van der Waals surface area (Å²) in [5.74, 6) is -0.562. The lowest BCUT2D eigenvalue weighted by molar-refractivity contribution is 0.00177. The zero-order valence-electron chi connectivity index (χ0n) is 25.5. The van der Waals surface area contributed by atoms with E-state index in [1.165, 1.54) is 11.8 Å². The Balaban J connectivity index is 1.50. The standard InChI is InChI=1S/C34H33ClFN5O3S/c1-34(2,3)44-33(43)40-14-12-21(16-20(40)13-15-42)41-31-23-17-25(35)28(29(36)30(23)39-32(45-5)24(31)18-38-41)22-10-6-8-19-9-7-11-26(37-4)27(19)22/h6-11,17-18,20-21,42H,12-16H2,1-3,5H3/t20-,21+/m1/s1. The zero-order chi connectivity index (χ0) is 32.0. The maximum Gasteiger partial charge on any atom is 0.410 e. The van der Waals surface area contributed by atoms with Gasteiger partial charge in [0.1, 0.15) is 16.1 Å². The Labute approximate surface area is 269 Å². The quantitative estimate of drug-likeness (QED) is 0.152. The first-order chi connectivity index (χ1) is 21.6. The van der Waals surface area contributed by atoms with Crippen molar-refractivity contribution in [1.82, 2.24) is 19.7 Å². The van der Waals surface area contributed by atoms with E-state index < -0.39 is 17.5 Å². The van der Waals surface area contributed by atoms with Gasteiger partial charge in [0.05, 0.1) is 34.7 Å². The molecule has 232 valence electrons. The summed E-state index contributed by atoms with van der Waals surface area (Å²) in [5.41, 5.74) is 1.40. The molecule has 0 radical (unpaired) electrons. The number of likely N-dealkylation sites (tertiary alicyclic amines) is 1. The number of aliphatic hydroxyl groups is 1. The number of thioether (sulfide) groups is 1. The first-order valence-corrected chi connectivity index (χ1v) is 16.4. The van der Waals surface area contributed by atoms with Crippen molar-refractivity contribution in [3.63, 3.8) is 0 Å². The van der Waals surface area contributed by atoms with Crippen LogP contribution in [0.1, 0.15) is 46.1 Å². The summed E-state index contributed by atoms with van der Waals surface area (Å²) < 4.78 is 24.3. The minimum atomic E-state index is -0.637. The third-order valence-electron chi connectivity index (χ3n) is 8.28. The number of hydrogen-bond acceptors (Lipinski definition) is 6. The van der Waals surface area contributed by atoms with Crippen LogP contribution < -0.4 is 0 Å². The van der Waals surface area contributed by atoms with Crippen LogP contribution in [-0.4, -0.2) is 61.9 Å². The van der Waals surface area contributed by atoms with Crippen molar-refractivity contribution in [3.8, 4) is 11.1 Å². The van der Waals surface area contributed by atoms with Gasteiger partial charge in [-0.2, -0.15) is 5.10 Å². The van der Waals surface area contributed by atoms with Crippen molar-refractivity contribution in [2.45, 2.75) is 62.7 Å². The molecular formula is C34H33ClFN5O3S. The molecule has 0 aliphatic carbocycles. The number of rotatable bonds is 5. The number of hydrogen-bond donors (Lipinski definition) is 1. The van der Waals surface area contributed by atoms with E-state index in [4.69, 9.17) is 33.0 Å². The predicted molar refractivity (Wildman–Crippen MR) is 178 cm³/mol. The van der Waals surface area contributed by atoms with E-state index >= 15 is 4.39 Å². The summed E-state index contributed by atoms with van der Waals surface area (Å²) in [5, 5.41) is 18.2. The molecule has 0 spiro atoms. The Morgan fingerprint density at radius 2 is 2.00 bits per heavy atom. The molecule has 1 N–H and O–H groups in total. The highest BCUT2D eigenvalue weighted by Crippen LogP contribution is 2.44. The molecule has 8 nitrogen and oxygen atoms in total. The number of nitrogens with zero attached hydrogens (tertiary/aromatic N) is 5. The first kappa shape index (κ1) is 31.1. The molecule has 1 saturated heterocycles. The summed E-state index contributed by atoms with van der Waals surface area (Å²) in [6.07, 6.45) is 4.78. The summed E-state index contributed by atoms with van der Waals surface area (Å²) in [4.78, 5) is 23.2. The van der Waals surface area contributed by atoms with Gasteiger partial charge in [0.2, 0.25) is 0 Å². The maximum absolute atomic E-state index is 16.8. The highest BCUT2D eigenvalue weighted by atomic mass is 35.5. The molecule has 1 aliphatic heterocycles. The first-order valence-electron chi connectivity index (χ1n) is 14.8. The SMILES string of the molecule is [C-]#[N+]c1cccc2cccc(-c3c(Cl)cc4c(nc(SC)c5cnn([C@H]6CCN(C(=O)OC(C)(C)C)[C@H](CCO)C6)c54)c3F)c12. The fraction of sp³-hybridized carbons (Fsp3) is 0.353. The molecule has 3 aromatic carbocycles. The van der Waals surface area contributed by atoms with Gasteiger partial charge in [0.25, 0.3) is 0 Å². The summed E-state index contributed by atoms with van der Waals surface area (Å²) in [6, 6.07) is 12.3. The average Bonchev–Trinajstić information content (AvgIpc) is 3.45. The molecule has 0 bridgehead atoms. The van der Waals surface area contributed by atoms with Gasteiger partial charge >= 0.3 is 6.09 Å². The van der Waals surface area contributed by atoms with E-state index in [9.17, 15) is 9.90 Å². The molecule has 6 rings (SSSR count). The number of pyridine rings is 1. The highest BCUT2D eigenvalue weighted by molar-refractivity contribution is 7.98. The summed E-state index contributed by atoms with van der Waals surface area (Å²) >= 11 is 8.33. The van der Waals surface area contributed by atoms with Crippen LogP contribution in [0.15, 0.2) is 53.7 Å². The van der Waals surface area contributed by atoms with Crippen LogP contribution in [0.3, 0.4) is 0 Å². The third kappa shape index (κ3) is 5.58. The van der Waals surface area contributed by atoms with Crippen molar-refractivity contribution in [3.05, 3.63) is 70.9 Å². The van der Waals surface area contributed by atoms with Crippen molar-refractivity contribution in [1.29, 1.82) is 0 Å². The molecule has 5 aromatic rings. The number of carbonyl (C=O) groups is 1. The van der Waals surface area contributed by atoms with Crippen LogP contribution in [0, 0.1) is 12.4 Å². The van der Waals surface area contributed by atoms with Gasteiger partial charge < -0.3 is 14.7 Å². The largest absolute Gasteiger partial charge is 0.444 e. The topological polar surface area (TPSA) is 84.8 Å². The van der Waals surface area contributed by atoms with Gasteiger partial charge in [-0.3, -0.25) is 4.68 Å². The number of aromatic nitrogens is 3. The second-order valence-electron chi connectivity index (χ2n) is 12.2. The lowest BCUT2D eigenvalue weighted by Crippen LogP contribution is -2.48. The van der Waals surface area contributed by atoms with Crippen molar-refractivity contribution in [2.75, 3.05) is 19.4 Å². The number of benzene rings is 3. The zero-order valence-corrected chi connectivity index (χ0v) is 27.0. The van der Waals surface area contributed by atoms with Gasteiger partial charge in [-0.05, 0) is 68.7 Å². The van der Waals surface area contributed by atoms with Crippen LogP contribution in [0.4, 0.5) is 14.9 Å². The average molecular weight is 646 g/mol. The number of amides is 1. The van der Waals surface area contributed by atoms with E-state index in [-0.39, 0.29) is 34.8 Å². The van der Waals surface area contributed by atoms with Gasteiger partial charge in [0, 0.05) is 30.1 Å². The maximum atomic E-state index is 16.8. The van der Waals surface area contributed by atoms with Gasteiger partial charge in [-0.1, -0.05) is 48.0 Å². The lowest BCUT2D eigenvalue weighted by atomic mass is 9.94. The molecule has 0 unspecified atom stereocenters. The Kier molecular flexibility index (Phi) is 8.37. The Hall–Kier alpha value is -3.91. The Bertz CT molecular complexity index is 2000. The number of aliphatic hydroxyl groups excluding tert-OH is 1. The number of ether oxygens (including phenoxy) is 1. The van der Waals surface area contributed by atoms with Gasteiger partial charge in [-0.15, -0.1) is 11.8 Å². The predicted octanol–water partition coefficient (Wildman–Crippen LogP) is 8.79. The highest BCUT2D eigenvalue weighted by Gasteiger charge is 2.36. The molecule has 3 heterocycles. The van der Waals surface area contributed by atoms with E-state index in [2.05, 4.69) is 4.85 Å². The van der Waals surface area contributed by atoms with E-state index in [1.807, 2.05) is 56.0 Å². The number of halogens is 2. The molecule has 1 aliphatic rings. The lowest BCUT2D eigenvalue weighted by Gasteiger charge is -2.40. The van der Waals surface area contributed by atoms with Crippen LogP contribution >= 0.6 is 23.4 Å². The van der Waals surface area contributed by atoms with Crippen LogP contribution in [-0.2, 0) is 4.74 Å². The molecule has 1 amide bonds. The van der Waals surface area contributed by atoms with Crippen molar-refractivity contribution in [2.24, 2.45) is 0 Å². The van der Waals surface area contributed by atoms with E-state index in [1.54, 1.807) is 29.3 Å². The molecule has 2 aromatic heterocycles. The number of carbonyl (C=O) groups excluding carboxylic acids is 1. The third-order valence-corrected chi connectivity index (χ3v) is 9.27. The minimum absolute atomic E-state index is 0.0764. The fourth-order valence-electron chi connectivity index (χ4n) is 6.39. The molecule has 1 fully saturated rings. The molecule has 0 saturated carbocycles. The Morgan fingerprint density at radius 3 is 2.69 bits per heavy atom. The second-order valence-corrected chi connectivity index (χ2v) is 13.4. The number of piperidine rings is 1. The van der Waals surface area contributed by atoms with Gasteiger partial charge in [0.15, 0.2) is 11.5 Å². The van der Waals surface area contributed by atoms with Crippen LogP contribution in [0.2, 0.25) is 5.02 Å². The van der Waals surface area contributed by atoms with Crippen LogP contribution in [0.5, 0.6) is 0 Å². The second kappa shape index (κ2) is 12.1. The van der Waals surface area contributed by atoms with Crippen molar-refractivity contribution < 1.29 is 19.0 Å². The molecule has 2 atom stereocenters. The van der Waals surface area contributed by atoms with E-state index in [0.29, 0.717) is 52.9 Å². The van der Waals surface area contributed by atoms with Gasteiger partial charge in [-0.25, -0.2) is 19.0 Å². The van der Waals surface area contributed by atoms with E-state index in [0.717, 1.165) is 16.3 Å². The summed E-state index contributed by atoms with van der Waals surface area (Å²) in [6.45, 7) is 13.6. The minimum Gasteiger partial charge on any atom is -0.444 e. The van der Waals surface area contributed by atoms with Crippen molar-refractivity contribution >= 4 is 67.7 Å². The molecular weight excluding hydrogens is 613 g/mol. The van der Waals surface area contributed by atoms with Crippen LogP contribution in [0.25, 0.3) is 48.6 Å². The smallest absolute Gasteiger partial charge is 0.410 e. The monoisotopic (exact) mass is 645 g/mol. The molecule has 11 heteroatoms. The fourth-order valence-corrected chi connectivity index (χ4v) is 7.23. The molecule has 45 heavy (non-hydrogen) atoms. The Morgan fingerprint density at radius 1 is 1.24 bits per heavy atom. The normalized spacial score (nSPS) is 17.2. The number of fused-ring (bicyclic) bond motifs is 4. The summed E-state index contributed by atoms with van der Waals surface area (Å²) in [7, 11) is 0.